The highest BCUT2D eigenvalue weighted by atomic mass is 19.1. The number of aromatic nitrogens is 3. The molecule has 0 aliphatic rings. The third kappa shape index (κ3) is 1.89. The summed E-state index contributed by atoms with van der Waals surface area (Å²) in [4.78, 5) is 8.35. The summed E-state index contributed by atoms with van der Waals surface area (Å²) in [7, 11) is 0. The lowest BCUT2D eigenvalue weighted by Crippen LogP contribution is -1.98. The molecule has 3 rings (SSSR count). The van der Waals surface area contributed by atoms with E-state index in [1.165, 1.54) is 12.1 Å². The Balaban J connectivity index is 2.00. The molecule has 3 nitrogen and oxygen atoms in total. The van der Waals surface area contributed by atoms with Gasteiger partial charge in [-0.25, -0.2) is 14.4 Å². The zero-order valence-electron chi connectivity index (χ0n) is 9.05. The smallest absolute Gasteiger partial charge is 0.177 e. The highest BCUT2D eigenvalue weighted by Gasteiger charge is 2.03. The Hall–Kier alpha value is -2.23. The maximum Gasteiger partial charge on any atom is 0.177 e. The van der Waals surface area contributed by atoms with Gasteiger partial charge in [-0.1, -0.05) is 12.1 Å². The van der Waals surface area contributed by atoms with Crippen molar-refractivity contribution in [2.75, 3.05) is 0 Å². The zero-order chi connectivity index (χ0) is 11.7. The van der Waals surface area contributed by atoms with Crippen molar-refractivity contribution < 1.29 is 4.39 Å². The first kappa shape index (κ1) is 9.96. The van der Waals surface area contributed by atoms with Gasteiger partial charge in [0.05, 0.1) is 11.8 Å². The Labute approximate surface area is 97.6 Å². The molecular formula is C13H10FN3. The summed E-state index contributed by atoms with van der Waals surface area (Å²) in [5, 5.41) is 0. The van der Waals surface area contributed by atoms with Crippen LogP contribution in [0.15, 0.2) is 48.9 Å². The fourth-order valence-corrected chi connectivity index (χ4v) is 1.86. The fourth-order valence-electron chi connectivity index (χ4n) is 1.86. The molecule has 4 heteroatoms. The summed E-state index contributed by atoms with van der Waals surface area (Å²) in [5.74, 6) is -0.218. The van der Waals surface area contributed by atoms with Crippen molar-refractivity contribution in [1.29, 1.82) is 0 Å². The van der Waals surface area contributed by atoms with Crippen LogP contribution in [0.25, 0.3) is 11.2 Å². The molecule has 0 N–H and O–H groups in total. The topological polar surface area (TPSA) is 30.7 Å². The van der Waals surface area contributed by atoms with Gasteiger partial charge in [0.1, 0.15) is 5.82 Å². The molecule has 84 valence electrons. The summed E-state index contributed by atoms with van der Waals surface area (Å²) in [5.41, 5.74) is 2.58. The lowest BCUT2D eigenvalue weighted by atomic mass is 10.2. The van der Waals surface area contributed by atoms with Crippen molar-refractivity contribution in [1.82, 2.24) is 14.5 Å². The molecule has 3 aromatic rings. The van der Waals surface area contributed by atoms with Gasteiger partial charge in [-0.05, 0) is 29.8 Å². The van der Waals surface area contributed by atoms with Crippen LogP contribution in [0.1, 0.15) is 5.56 Å². The first-order valence-electron chi connectivity index (χ1n) is 5.33. The third-order valence-corrected chi connectivity index (χ3v) is 2.64. The molecule has 0 amide bonds. The van der Waals surface area contributed by atoms with E-state index < -0.39 is 0 Å². The minimum atomic E-state index is -0.218. The first-order valence-corrected chi connectivity index (χ1v) is 5.33. The third-order valence-electron chi connectivity index (χ3n) is 2.64. The number of benzene rings is 1. The van der Waals surface area contributed by atoms with Crippen LogP contribution < -0.4 is 0 Å². The zero-order valence-corrected chi connectivity index (χ0v) is 9.05. The van der Waals surface area contributed by atoms with Crippen molar-refractivity contribution in [2.45, 2.75) is 6.54 Å². The average Bonchev–Trinajstić information content (AvgIpc) is 2.73. The van der Waals surface area contributed by atoms with E-state index in [0.717, 1.165) is 11.1 Å². The van der Waals surface area contributed by atoms with Gasteiger partial charge in [0, 0.05) is 12.7 Å². The minimum absolute atomic E-state index is 0.218. The second-order valence-corrected chi connectivity index (χ2v) is 3.85. The largest absolute Gasteiger partial charge is 0.325 e. The van der Waals surface area contributed by atoms with Gasteiger partial charge < -0.3 is 4.57 Å². The van der Waals surface area contributed by atoms with E-state index in [1.54, 1.807) is 18.6 Å². The summed E-state index contributed by atoms with van der Waals surface area (Å²) >= 11 is 0. The van der Waals surface area contributed by atoms with Crippen molar-refractivity contribution in [3.8, 4) is 0 Å². The monoisotopic (exact) mass is 227 g/mol. The fraction of sp³-hybridized carbons (Fsp3) is 0.0769. The van der Waals surface area contributed by atoms with Crippen LogP contribution in [0, 0.1) is 5.82 Å². The Kier molecular flexibility index (Phi) is 2.33. The standard InChI is InChI=1S/C13H10FN3/c14-11-4-1-3-10(7-11)8-17-9-16-13-12(17)5-2-6-15-13/h1-7,9H,8H2. The molecular weight excluding hydrogens is 217 g/mol. The van der Waals surface area contributed by atoms with Gasteiger partial charge in [-0.2, -0.15) is 0 Å². The highest BCUT2D eigenvalue weighted by Crippen LogP contribution is 2.12. The molecule has 2 aromatic heterocycles. The van der Waals surface area contributed by atoms with E-state index in [4.69, 9.17) is 0 Å². The number of rotatable bonds is 2. The lowest BCUT2D eigenvalue weighted by Gasteiger charge is -2.04. The summed E-state index contributed by atoms with van der Waals surface area (Å²) in [6.45, 7) is 0.597. The number of hydrogen-bond acceptors (Lipinski definition) is 2. The highest BCUT2D eigenvalue weighted by molar-refractivity contribution is 5.70. The Morgan fingerprint density at radius 2 is 2.06 bits per heavy atom. The van der Waals surface area contributed by atoms with Gasteiger partial charge >= 0.3 is 0 Å². The van der Waals surface area contributed by atoms with Crippen LogP contribution >= 0.6 is 0 Å². The molecule has 0 bridgehead atoms. The molecule has 0 saturated heterocycles. The van der Waals surface area contributed by atoms with Crippen molar-refractivity contribution in [2.24, 2.45) is 0 Å². The predicted molar refractivity (Wildman–Crippen MR) is 63.0 cm³/mol. The van der Waals surface area contributed by atoms with E-state index in [0.29, 0.717) is 12.2 Å². The van der Waals surface area contributed by atoms with E-state index >= 15 is 0 Å². The maximum atomic E-state index is 13.1. The second-order valence-electron chi connectivity index (χ2n) is 3.85. The Morgan fingerprint density at radius 1 is 1.12 bits per heavy atom. The molecule has 0 radical (unpaired) electrons. The minimum Gasteiger partial charge on any atom is -0.325 e. The normalized spacial score (nSPS) is 10.9. The number of nitrogens with zero attached hydrogens (tertiary/aromatic N) is 3. The second kappa shape index (κ2) is 3.97. The molecule has 17 heavy (non-hydrogen) atoms. The van der Waals surface area contributed by atoms with E-state index in [-0.39, 0.29) is 5.82 Å². The number of pyridine rings is 1. The Bertz CT molecular complexity index is 660. The average molecular weight is 227 g/mol. The van der Waals surface area contributed by atoms with Crippen molar-refractivity contribution in [3.05, 3.63) is 60.3 Å². The summed E-state index contributed by atoms with van der Waals surface area (Å²) < 4.78 is 15.0. The van der Waals surface area contributed by atoms with E-state index in [2.05, 4.69) is 9.97 Å². The number of hydrogen-bond donors (Lipinski definition) is 0. The van der Waals surface area contributed by atoms with Crippen molar-refractivity contribution in [3.63, 3.8) is 0 Å². The molecule has 0 aliphatic carbocycles. The number of halogens is 1. The number of fused-ring (bicyclic) bond motifs is 1. The predicted octanol–water partition coefficient (Wildman–Crippen LogP) is 2.62. The summed E-state index contributed by atoms with van der Waals surface area (Å²) in [6.07, 6.45) is 3.43. The molecule has 0 unspecified atom stereocenters. The van der Waals surface area contributed by atoms with Crippen LogP contribution in [0.3, 0.4) is 0 Å². The van der Waals surface area contributed by atoms with Crippen LogP contribution in [0.4, 0.5) is 4.39 Å². The molecule has 0 spiro atoms. The van der Waals surface area contributed by atoms with Gasteiger partial charge in [0.2, 0.25) is 0 Å². The molecule has 0 saturated carbocycles. The lowest BCUT2D eigenvalue weighted by molar-refractivity contribution is 0.624. The molecule has 2 heterocycles. The molecule has 0 fully saturated rings. The van der Waals surface area contributed by atoms with Crippen LogP contribution in [0.2, 0.25) is 0 Å². The van der Waals surface area contributed by atoms with E-state index in [1.807, 2.05) is 22.8 Å². The quantitative estimate of drug-likeness (QED) is 0.673. The SMILES string of the molecule is Fc1cccc(Cn2cnc3ncccc32)c1. The molecule has 0 aliphatic heterocycles. The number of imidazole rings is 1. The molecule has 0 atom stereocenters. The van der Waals surface area contributed by atoms with Crippen LogP contribution in [-0.2, 0) is 6.54 Å². The van der Waals surface area contributed by atoms with Crippen LogP contribution in [-0.4, -0.2) is 14.5 Å². The van der Waals surface area contributed by atoms with Gasteiger partial charge in [-0.15, -0.1) is 0 Å². The van der Waals surface area contributed by atoms with Gasteiger partial charge in [0.15, 0.2) is 5.65 Å². The van der Waals surface area contributed by atoms with Gasteiger partial charge in [0.25, 0.3) is 0 Å². The van der Waals surface area contributed by atoms with Crippen LogP contribution in [0.5, 0.6) is 0 Å². The summed E-state index contributed by atoms with van der Waals surface area (Å²) in [6, 6.07) is 10.4. The van der Waals surface area contributed by atoms with Crippen molar-refractivity contribution >= 4 is 11.2 Å². The van der Waals surface area contributed by atoms with Gasteiger partial charge in [-0.3, -0.25) is 0 Å². The van der Waals surface area contributed by atoms with E-state index in [9.17, 15) is 4.39 Å². The maximum absolute atomic E-state index is 13.1. The Morgan fingerprint density at radius 3 is 2.94 bits per heavy atom. The molecule has 1 aromatic carbocycles. The first-order chi connectivity index (χ1) is 8.33.